The third kappa shape index (κ3) is 11.0. The number of azo groups is 2. The molecule has 0 amide bonds. The number of hydrogen-bond donors (Lipinski definition) is 5. The Bertz CT molecular complexity index is 2310. The third-order valence-electron chi connectivity index (χ3n) is 5.64. The molecule has 48 heavy (non-hydrogen) atoms. The van der Waals surface area contributed by atoms with E-state index in [0.717, 1.165) is 42.5 Å². The summed E-state index contributed by atoms with van der Waals surface area (Å²) < 4.78 is 152. The fourth-order valence-electron chi connectivity index (χ4n) is 3.54. The molecule has 21 nitrogen and oxygen atoms in total. The molecule has 3 aromatic rings. The fraction of sp³-hybridized carbons (Fsp3) is 0.182. The quantitative estimate of drug-likeness (QED) is 0.0838. The molecule has 0 aliphatic rings. The summed E-state index contributed by atoms with van der Waals surface area (Å²) >= 11 is 0. The molecule has 0 radical (unpaired) electrons. The molecule has 0 aromatic heterocycles. The van der Waals surface area contributed by atoms with Crippen LogP contribution >= 0.6 is 0 Å². The SMILES string of the molecule is Nc1cc(N=Nc2cccc(S(=O)(=O)CCOS(=O)(=O)O)c2)c(N)c(N=Nc2ccc(S(=O)(=O)CCOS(=O)(=O)O)cc2)c1S(=O)(=O)O. The van der Waals surface area contributed by atoms with Crippen LogP contribution in [0.5, 0.6) is 0 Å². The molecule has 0 spiro atoms. The Morgan fingerprint density at radius 2 is 1.12 bits per heavy atom. The van der Waals surface area contributed by atoms with Crippen LogP contribution in [0.25, 0.3) is 0 Å². The molecule has 26 heteroatoms. The van der Waals surface area contributed by atoms with Crippen molar-refractivity contribution in [3.8, 4) is 0 Å². The molecule has 0 fully saturated rings. The van der Waals surface area contributed by atoms with Crippen LogP contribution in [0, 0.1) is 0 Å². The normalized spacial score (nSPS) is 13.4. The minimum absolute atomic E-state index is 0.0607. The monoisotopic (exact) mass is 772 g/mol. The minimum Gasteiger partial charge on any atom is -0.397 e. The van der Waals surface area contributed by atoms with Crippen LogP contribution in [-0.2, 0) is 59.0 Å². The number of rotatable bonds is 15. The van der Waals surface area contributed by atoms with Gasteiger partial charge in [-0.25, -0.2) is 25.2 Å². The standard InChI is InChI=1S/C22H24N6O15S5/c23-18-13-19(27-26-15-2-1-3-17(12-15)45(31,32)11-9-43-48(39,40)41)20(24)21(22(18)46(33,34)35)28-25-14-4-6-16(7-5-14)44(29,30)10-8-42-47(36,37)38/h1-7,12-13H,8-11,23-24H2,(H,33,34,35)(H,36,37,38)(H,39,40,41). The molecule has 7 N–H and O–H groups in total. The summed E-state index contributed by atoms with van der Waals surface area (Å²) in [6.45, 7) is -1.74. The number of hydrogen-bond acceptors (Lipinski definition) is 18. The van der Waals surface area contributed by atoms with Crippen molar-refractivity contribution in [1.82, 2.24) is 0 Å². The molecule has 3 rings (SSSR count). The Labute approximate surface area is 273 Å². The van der Waals surface area contributed by atoms with Crippen molar-refractivity contribution in [3.63, 3.8) is 0 Å². The van der Waals surface area contributed by atoms with Crippen molar-refractivity contribution in [1.29, 1.82) is 0 Å². The molecule has 0 unspecified atom stereocenters. The Balaban J connectivity index is 1.93. The maximum atomic E-state index is 12.5. The first kappa shape index (κ1) is 38.5. The molecule has 0 heterocycles. The van der Waals surface area contributed by atoms with Crippen molar-refractivity contribution in [2.75, 3.05) is 36.2 Å². The Hall–Kier alpha value is -3.99. The molecular weight excluding hydrogens is 749 g/mol. The third-order valence-corrected chi connectivity index (χ3v) is 10.9. The number of benzene rings is 3. The number of anilines is 2. The van der Waals surface area contributed by atoms with E-state index < -0.39 is 97.3 Å². The lowest BCUT2D eigenvalue weighted by Crippen LogP contribution is -2.15. The molecule has 0 saturated heterocycles. The van der Waals surface area contributed by atoms with E-state index in [2.05, 4.69) is 28.8 Å². The highest BCUT2D eigenvalue weighted by molar-refractivity contribution is 7.91. The predicted molar refractivity (Wildman–Crippen MR) is 165 cm³/mol. The highest BCUT2D eigenvalue weighted by atomic mass is 32.3. The molecule has 0 aliphatic carbocycles. The van der Waals surface area contributed by atoms with Gasteiger partial charge in [0.15, 0.2) is 19.7 Å². The van der Waals surface area contributed by atoms with E-state index in [1.807, 2.05) is 0 Å². The highest BCUT2D eigenvalue weighted by Gasteiger charge is 2.25. The topological polar surface area (TPSA) is 351 Å². The lowest BCUT2D eigenvalue weighted by Gasteiger charge is -2.11. The summed E-state index contributed by atoms with van der Waals surface area (Å²) in [5, 5.41) is 15.2. The summed E-state index contributed by atoms with van der Waals surface area (Å²) in [6.07, 6.45) is 0. The van der Waals surface area contributed by atoms with Gasteiger partial charge in [0.05, 0.1) is 57.3 Å². The molecule has 0 atom stereocenters. The Morgan fingerprint density at radius 3 is 1.65 bits per heavy atom. The first-order chi connectivity index (χ1) is 22.0. The summed E-state index contributed by atoms with van der Waals surface area (Å²) in [6, 6.07) is 10.1. The Kier molecular flexibility index (Phi) is 11.7. The summed E-state index contributed by atoms with van der Waals surface area (Å²) in [7, 11) is -23.0. The number of sulfone groups is 2. The predicted octanol–water partition coefficient (Wildman–Crippen LogP) is 2.11. The first-order valence-corrected chi connectivity index (χ1v) is 19.9. The van der Waals surface area contributed by atoms with Gasteiger partial charge < -0.3 is 11.5 Å². The van der Waals surface area contributed by atoms with Crippen molar-refractivity contribution >= 4 is 84.7 Å². The maximum absolute atomic E-state index is 12.5. The van der Waals surface area contributed by atoms with E-state index in [9.17, 15) is 46.6 Å². The largest absolute Gasteiger partial charge is 0.397 e. The number of nitrogens with two attached hydrogens (primary N) is 2. The molecule has 0 aliphatic heterocycles. The van der Waals surface area contributed by atoms with E-state index >= 15 is 0 Å². The minimum atomic E-state index is -5.07. The molecule has 0 saturated carbocycles. The van der Waals surface area contributed by atoms with Crippen LogP contribution in [0.2, 0.25) is 0 Å². The van der Waals surface area contributed by atoms with Gasteiger partial charge in [0.1, 0.15) is 16.3 Å². The summed E-state index contributed by atoms with van der Waals surface area (Å²) in [5.74, 6) is -1.64. The van der Waals surface area contributed by atoms with Gasteiger partial charge in [0.2, 0.25) is 0 Å². The summed E-state index contributed by atoms with van der Waals surface area (Å²) in [4.78, 5) is -1.58. The van der Waals surface area contributed by atoms with Gasteiger partial charge in [-0.1, -0.05) is 6.07 Å². The van der Waals surface area contributed by atoms with Gasteiger partial charge in [-0.3, -0.25) is 13.7 Å². The second-order valence-corrected chi connectivity index (χ2v) is 16.8. The number of nitrogen functional groups attached to an aromatic ring is 2. The van der Waals surface area contributed by atoms with Gasteiger partial charge in [0, 0.05) is 0 Å². The van der Waals surface area contributed by atoms with Crippen LogP contribution < -0.4 is 11.5 Å². The van der Waals surface area contributed by atoms with Crippen molar-refractivity contribution in [2.24, 2.45) is 20.5 Å². The maximum Gasteiger partial charge on any atom is 0.397 e. The van der Waals surface area contributed by atoms with Gasteiger partial charge in [-0.05, 0) is 48.5 Å². The van der Waals surface area contributed by atoms with Crippen molar-refractivity contribution < 1.29 is 64.1 Å². The average molecular weight is 773 g/mol. The Morgan fingerprint density at radius 1 is 0.604 bits per heavy atom. The van der Waals surface area contributed by atoms with E-state index in [-0.39, 0.29) is 26.9 Å². The molecular formula is C22H24N6O15S5. The van der Waals surface area contributed by atoms with Gasteiger partial charge >= 0.3 is 20.8 Å². The van der Waals surface area contributed by atoms with Crippen molar-refractivity contribution in [3.05, 3.63) is 54.6 Å². The van der Waals surface area contributed by atoms with Crippen LogP contribution in [0.3, 0.4) is 0 Å². The van der Waals surface area contributed by atoms with Crippen LogP contribution in [-0.4, -0.2) is 80.5 Å². The van der Waals surface area contributed by atoms with Crippen LogP contribution in [0.1, 0.15) is 0 Å². The highest BCUT2D eigenvalue weighted by Crippen LogP contribution is 2.43. The number of nitrogens with zero attached hydrogens (tertiary/aromatic N) is 4. The van der Waals surface area contributed by atoms with E-state index in [1.54, 1.807) is 0 Å². The zero-order valence-electron chi connectivity index (χ0n) is 23.7. The van der Waals surface area contributed by atoms with Gasteiger partial charge in [-0.2, -0.15) is 35.5 Å². The smallest absolute Gasteiger partial charge is 0.397 e. The van der Waals surface area contributed by atoms with Crippen molar-refractivity contribution in [2.45, 2.75) is 14.7 Å². The van der Waals surface area contributed by atoms with E-state index in [1.165, 1.54) is 12.1 Å². The molecule has 0 bridgehead atoms. The van der Waals surface area contributed by atoms with E-state index in [4.69, 9.17) is 20.6 Å². The second kappa shape index (κ2) is 14.6. The average Bonchev–Trinajstić information content (AvgIpc) is 2.94. The fourth-order valence-corrected chi connectivity index (χ4v) is 7.30. The zero-order chi connectivity index (χ0) is 36.1. The summed E-state index contributed by atoms with van der Waals surface area (Å²) in [5.41, 5.74) is 9.62. The second-order valence-electron chi connectivity index (χ2n) is 9.08. The van der Waals surface area contributed by atoms with Gasteiger partial charge in [-0.15, -0.1) is 10.2 Å². The lowest BCUT2D eigenvalue weighted by molar-refractivity contribution is 0.282. The lowest BCUT2D eigenvalue weighted by atomic mass is 10.2. The molecule has 3 aromatic carbocycles. The van der Waals surface area contributed by atoms with E-state index in [0.29, 0.717) is 0 Å². The zero-order valence-corrected chi connectivity index (χ0v) is 27.8. The van der Waals surface area contributed by atoms with Crippen LogP contribution in [0.4, 0.5) is 34.1 Å². The van der Waals surface area contributed by atoms with Crippen LogP contribution in [0.15, 0.2) is 89.7 Å². The first-order valence-electron chi connectivity index (χ1n) is 12.4. The van der Waals surface area contributed by atoms with Gasteiger partial charge in [0.25, 0.3) is 10.1 Å². The molecule has 262 valence electrons.